The first-order valence-corrected chi connectivity index (χ1v) is 5.91. The first-order valence-electron chi connectivity index (χ1n) is 5.91. The van der Waals surface area contributed by atoms with Gasteiger partial charge in [0, 0.05) is 11.3 Å². The molecule has 1 aromatic heterocycles. The Bertz CT molecular complexity index is 306. The summed E-state index contributed by atoms with van der Waals surface area (Å²) in [5.74, 6) is 0.672. The van der Waals surface area contributed by atoms with Crippen LogP contribution in [0.15, 0.2) is 0 Å². The molecule has 0 aliphatic carbocycles. The van der Waals surface area contributed by atoms with E-state index in [9.17, 15) is 5.11 Å². The van der Waals surface area contributed by atoms with Gasteiger partial charge in [0.05, 0.1) is 19.3 Å². The van der Waals surface area contributed by atoms with Crippen LogP contribution in [0.25, 0.3) is 0 Å². The number of hydrogen-bond acceptors (Lipinski definition) is 3. The molecule has 0 spiro atoms. The minimum atomic E-state index is -0.387. The number of aliphatic hydroxyl groups excluding tert-OH is 1. The van der Waals surface area contributed by atoms with Gasteiger partial charge >= 0.3 is 0 Å². The van der Waals surface area contributed by atoms with Gasteiger partial charge in [-0.25, -0.2) is 0 Å². The molecule has 0 saturated carbocycles. The maximum atomic E-state index is 9.26. The fourth-order valence-electron chi connectivity index (χ4n) is 1.31. The molecule has 1 aromatic rings. The van der Waals surface area contributed by atoms with Crippen molar-refractivity contribution < 1.29 is 9.84 Å². The molecule has 0 aliphatic rings. The zero-order chi connectivity index (χ0) is 12.7. The van der Waals surface area contributed by atoms with Crippen LogP contribution in [0.2, 0.25) is 0 Å². The summed E-state index contributed by atoms with van der Waals surface area (Å²) in [5.41, 5.74) is 2.10. The molecule has 0 saturated heterocycles. The molecule has 0 aliphatic heterocycles. The SMILES string of the molecule is CC.CCOc1nn(CC(C)O)c(C)c1C. The van der Waals surface area contributed by atoms with Crippen molar-refractivity contribution in [2.75, 3.05) is 6.61 Å². The molecule has 1 rings (SSSR count). The second kappa shape index (κ2) is 7.28. The largest absolute Gasteiger partial charge is 0.477 e. The lowest BCUT2D eigenvalue weighted by atomic mass is 10.3. The minimum absolute atomic E-state index is 0.387. The molecular weight excluding hydrogens is 204 g/mol. The zero-order valence-corrected chi connectivity index (χ0v) is 11.2. The van der Waals surface area contributed by atoms with Gasteiger partial charge in [-0.05, 0) is 27.7 Å². The van der Waals surface area contributed by atoms with Crippen molar-refractivity contribution in [2.45, 2.75) is 54.2 Å². The van der Waals surface area contributed by atoms with Crippen molar-refractivity contribution in [1.29, 1.82) is 0 Å². The Balaban J connectivity index is 0.00000106. The first kappa shape index (κ1) is 15.0. The van der Waals surface area contributed by atoms with Crippen LogP contribution in [0, 0.1) is 13.8 Å². The maximum absolute atomic E-state index is 9.26. The Morgan fingerprint density at radius 1 is 1.38 bits per heavy atom. The van der Waals surface area contributed by atoms with Gasteiger partial charge in [0.2, 0.25) is 5.88 Å². The van der Waals surface area contributed by atoms with Crippen molar-refractivity contribution in [3.63, 3.8) is 0 Å². The van der Waals surface area contributed by atoms with Crippen molar-refractivity contribution in [2.24, 2.45) is 0 Å². The van der Waals surface area contributed by atoms with Crippen LogP contribution in [0.3, 0.4) is 0 Å². The third-order valence-corrected chi connectivity index (χ3v) is 2.18. The smallest absolute Gasteiger partial charge is 0.235 e. The quantitative estimate of drug-likeness (QED) is 0.860. The van der Waals surface area contributed by atoms with E-state index in [1.54, 1.807) is 11.6 Å². The lowest BCUT2D eigenvalue weighted by Gasteiger charge is -2.05. The van der Waals surface area contributed by atoms with Crippen LogP contribution in [-0.2, 0) is 6.54 Å². The summed E-state index contributed by atoms with van der Waals surface area (Å²) >= 11 is 0. The normalized spacial score (nSPS) is 11.7. The number of nitrogens with zero attached hydrogens (tertiary/aromatic N) is 2. The topological polar surface area (TPSA) is 47.3 Å². The van der Waals surface area contributed by atoms with Gasteiger partial charge < -0.3 is 9.84 Å². The summed E-state index contributed by atoms with van der Waals surface area (Å²) in [6, 6.07) is 0. The molecule has 94 valence electrons. The lowest BCUT2D eigenvalue weighted by molar-refractivity contribution is 0.166. The van der Waals surface area contributed by atoms with Gasteiger partial charge in [0.25, 0.3) is 0 Å². The van der Waals surface area contributed by atoms with Gasteiger partial charge in [-0.3, -0.25) is 4.68 Å². The van der Waals surface area contributed by atoms with Crippen LogP contribution >= 0.6 is 0 Å². The number of aliphatic hydroxyl groups is 1. The fourth-order valence-corrected chi connectivity index (χ4v) is 1.31. The molecule has 1 atom stereocenters. The summed E-state index contributed by atoms with van der Waals surface area (Å²) in [7, 11) is 0. The summed E-state index contributed by atoms with van der Waals surface area (Å²) < 4.78 is 7.15. The van der Waals surface area contributed by atoms with E-state index in [1.807, 2.05) is 34.6 Å². The molecule has 0 amide bonds. The number of rotatable bonds is 4. The maximum Gasteiger partial charge on any atom is 0.235 e. The average molecular weight is 228 g/mol. The fraction of sp³-hybridized carbons (Fsp3) is 0.750. The number of hydrogen-bond donors (Lipinski definition) is 1. The van der Waals surface area contributed by atoms with E-state index in [-0.39, 0.29) is 6.10 Å². The van der Waals surface area contributed by atoms with Gasteiger partial charge in [0.1, 0.15) is 0 Å². The second-order valence-corrected chi connectivity index (χ2v) is 3.48. The summed E-state index contributed by atoms with van der Waals surface area (Å²) in [6.07, 6.45) is -0.387. The third-order valence-electron chi connectivity index (χ3n) is 2.18. The molecular formula is C12H24N2O2. The summed E-state index contributed by atoms with van der Waals surface area (Å²) in [4.78, 5) is 0. The molecule has 16 heavy (non-hydrogen) atoms. The van der Waals surface area contributed by atoms with Crippen LogP contribution < -0.4 is 4.74 Å². The third kappa shape index (κ3) is 3.85. The molecule has 0 fully saturated rings. The summed E-state index contributed by atoms with van der Waals surface area (Å²) in [5, 5.41) is 13.5. The second-order valence-electron chi connectivity index (χ2n) is 3.48. The highest BCUT2D eigenvalue weighted by atomic mass is 16.5. The molecule has 1 heterocycles. The minimum Gasteiger partial charge on any atom is -0.477 e. The monoisotopic (exact) mass is 228 g/mol. The Labute approximate surface area is 98.2 Å². The van der Waals surface area contributed by atoms with E-state index in [2.05, 4.69) is 5.10 Å². The van der Waals surface area contributed by atoms with Gasteiger partial charge in [-0.2, -0.15) is 0 Å². The predicted octanol–water partition coefficient (Wildman–Crippen LogP) is 2.31. The molecule has 1 N–H and O–H groups in total. The Morgan fingerprint density at radius 2 is 1.94 bits per heavy atom. The van der Waals surface area contributed by atoms with Gasteiger partial charge in [-0.15, -0.1) is 5.10 Å². The van der Waals surface area contributed by atoms with Crippen molar-refractivity contribution >= 4 is 0 Å². The van der Waals surface area contributed by atoms with Gasteiger partial charge in [0.15, 0.2) is 0 Å². The van der Waals surface area contributed by atoms with E-state index < -0.39 is 0 Å². The highest BCUT2D eigenvalue weighted by Crippen LogP contribution is 2.19. The highest BCUT2D eigenvalue weighted by Gasteiger charge is 2.12. The molecule has 4 nitrogen and oxygen atoms in total. The van der Waals surface area contributed by atoms with E-state index in [1.165, 1.54) is 0 Å². The Hall–Kier alpha value is -1.03. The van der Waals surface area contributed by atoms with Crippen molar-refractivity contribution in [3.8, 4) is 5.88 Å². The molecule has 0 bridgehead atoms. The molecule has 0 aromatic carbocycles. The van der Waals surface area contributed by atoms with Crippen LogP contribution in [0.1, 0.15) is 39.0 Å². The number of aromatic nitrogens is 2. The zero-order valence-electron chi connectivity index (χ0n) is 11.2. The van der Waals surface area contributed by atoms with Crippen molar-refractivity contribution in [3.05, 3.63) is 11.3 Å². The Morgan fingerprint density at radius 3 is 2.38 bits per heavy atom. The van der Waals surface area contributed by atoms with Crippen LogP contribution in [0.4, 0.5) is 0 Å². The Kier molecular flexibility index (Phi) is 6.81. The van der Waals surface area contributed by atoms with E-state index in [0.29, 0.717) is 19.0 Å². The van der Waals surface area contributed by atoms with E-state index in [0.717, 1.165) is 11.3 Å². The van der Waals surface area contributed by atoms with Crippen LogP contribution in [-0.4, -0.2) is 27.6 Å². The average Bonchev–Trinajstić information content (AvgIpc) is 2.50. The molecule has 1 unspecified atom stereocenters. The van der Waals surface area contributed by atoms with Crippen LogP contribution in [0.5, 0.6) is 5.88 Å². The highest BCUT2D eigenvalue weighted by molar-refractivity contribution is 5.28. The summed E-state index contributed by atoms with van der Waals surface area (Å²) in [6.45, 7) is 12.8. The standard InChI is InChI=1S/C10H18N2O2.C2H6/c1-5-14-10-8(3)9(4)12(11-10)6-7(2)13;1-2/h7,13H,5-6H2,1-4H3;1-2H3. The van der Waals surface area contributed by atoms with E-state index in [4.69, 9.17) is 4.74 Å². The number of ether oxygens (including phenoxy) is 1. The van der Waals surface area contributed by atoms with E-state index >= 15 is 0 Å². The van der Waals surface area contributed by atoms with Crippen molar-refractivity contribution in [1.82, 2.24) is 9.78 Å². The lowest BCUT2D eigenvalue weighted by Crippen LogP contribution is -2.14. The molecule has 0 radical (unpaired) electrons. The van der Waals surface area contributed by atoms with Gasteiger partial charge in [-0.1, -0.05) is 13.8 Å². The molecule has 4 heteroatoms. The first-order chi connectivity index (χ1) is 7.56. The predicted molar refractivity (Wildman–Crippen MR) is 65.9 cm³/mol.